The highest BCUT2D eigenvalue weighted by Gasteiger charge is 2.26. The van der Waals surface area contributed by atoms with Gasteiger partial charge in [-0.25, -0.2) is 13.2 Å². The van der Waals surface area contributed by atoms with Gasteiger partial charge in [-0.3, -0.25) is 9.78 Å². The molecule has 25 heavy (non-hydrogen) atoms. The molecule has 0 spiro atoms. The van der Waals surface area contributed by atoms with Crippen LogP contribution in [0, 0.1) is 0 Å². The maximum atomic E-state index is 12.4. The number of ether oxygens (including phenoxy) is 1. The van der Waals surface area contributed by atoms with Crippen LogP contribution < -0.4 is 10.0 Å². The summed E-state index contributed by atoms with van der Waals surface area (Å²) in [6.07, 6.45) is 2.91. The Kier molecular flexibility index (Phi) is 5.07. The van der Waals surface area contributed by atoms with Crippen LogP contribution >= 0.6 is 0 Å². The van der Waals surface area contributed by atoms with Crippen molar-refractivity contribution in [2.75, 3.05) is 13.1 Å². The van der Waals surface area contributed by atoms with Crippen LogP contribution in [-0.4, -0.2) is 44.5 Å². The molecule has 132 valence electrons. The number of para-hydroxylation sites is 1. The minimum Gasteiger partial charge on any atom is -0.391 e. The summed E-state index contributed by atoms with van der Waals surface area (Å²) in [5.74, 6) is -1.64. The van der Waals surface area contributed by atoms with Crippen LogP contribution in [0.25, 0.3) is 10.9 Å². The molecule has 2 heterocycles. The van der Waals surface area contributed by atoms with Gasteiger partial charge in [-0.2, -0.15) is 4.72 Å². The molecule has 9 heteroatoms. The zero-order valence-electron chi connectivity index (χ0n) is 13.3. The molecule has 1 saturated heterocycles. The van der Waals surface area contributed by atoms with Crippen LogP contribution in [0.15, 0.2) is 41.4 Å². The number of esters is 2. The molecule has 1 aromatic heterocycles. The van der Waals surface area contributed by atoms with E-state index >= 15 is 0 Å². The third kappa shape index (κ3) is 4.01. The van der Waals surface area contributed by atoms with Gasteiger partial charge < -0.3 is 10.1 Å². The second-order valence-electron chi connectivity index (χ2n) is 5.60. The molecular formula is C16H17N3O5S. The maximum absolute atomic E-state index is 12.4. The Morgan fingerprint density at radius 1 is 1.28 bits per heavy atom. The summed E-state index contributed by atoms with van der Waals surface area (Å²) in [4.78, 5) is 27.5. The van der Waals surface area contributed by atoms with Crippen LogP contribution in [-0.2, 0) is 24.3 Å². The van der Waals surface area contributed by atoms with Gasteiger partial charge in [-0.1, -0.05) is 18.2 Å². The first-order chi connectivity index (χ1) is 12.0. The zero-order chi connectivity index (χ0) is 17.9. The number of nitrogens with zero attached hydrogens (tertiary/aromatic N) is 1. The number of nitrogens with one attached hydrogen (secondary N) is 2. The third-order valence-corrected chi connectivity index (χ3v) is 5.28. The van der Waals surface area contributed by atoms with Gasteiger partial charge in [-0.05, 0) is 31.5 Å². The lowest BCUT2D eigenvalue weighted by Gasteiger charge is -2.10. The molecule has 0 amide bonds. The Hall–Kier alpha value is -2.36. The van der Waals surface area contributed by atoms with E-state index in [0.29, 0.717) is 23.9 Å². The number of aromatic nitrogens is 1. The fourth-order valence-electron chi connectivity index (χ4n) is 2.63. The van der Waals surface area contributed by atoms with Crippen LogP contribution in [0.5, 0.6) is 0 Å². The lowest BCUT2D eigenvalue weighted by Crippen LogP contribution is -2.37. The highest BCUT2D eigenvalue weighted by Crippen LogP contribution is 2.20. The fraction of sp³-hybridized carbons (Fsp3) is 0.312. The van der Waals surface area contributed by atoms with Gasteiger partial charge in [0.15, 0.2) is 0 Å². The van der Waals surface area contributed by atoms with Gasteiger partial charge in [0, 0.05) is 11.6 Å². The minimum absolute atomic E-state index is 0.0396. The standard InChI is InChI=1S/C16H17N3O5S/c20-14(24-16(21)12-6-3-8-17-12)10-19-25(22,23)13-7-1-4-11-5-2-9-18-15(11)13/h1-2,4-5,7,9,12,17,19H,3,6,8,10H2/t12-/m0/s1. The highest BCUT2D eigenvalue weighted by molar-refractivity contribution is 7.89. The van der Waals surface area contributed by atoms with Crippen LogP contribution in [0.1, 0.15) is 12.8 Å². The predicted octanol–water partition coefficient (Wildman–Crippen LogP) is 0.335. The molecule has 0 unspecified atom stereocenters. The van der Waals surface area contributed by atoms with Gasteiger partial charge in [0.25, 0.3) is 0 Å². The Morgan fingerprint density at radius 3 is 2.84 bits per heavy atom. The molecule has 1 atom stereocenters. The van der Waals surface area contributed by atoms with E-state index in [2.05, 4.69) is 19.8 Å². The van der Waals surface area contributed by atoms with Gasteiger partial charge in [-0.15, -0.1) is 0 Å². The van der Waals surface area contributed by atoms with Crippen molar-refractivity contribution in [2.24, 2.45) is 0 Å². The summed E-state index contributed by atoms with van der Waals surface area (Å²) in [6, 6.07) is 7.66. The third-order valence-electron chi connectivity index (χ3n) is 3.85. The molecule has 1 aliphatic heterocycles. The van der Waals surface area contributed by atoms with E-state index in [1.54, 1.807) is 24.3 Å². The lowest BCUT2D eigenvalue weighted by atomic mass is 10.2. The number of rotatable bonds is 5. The van der Waals surface area contributed by atoms with Crippen molar-refractivity contribution in [3.05, 3.63) is 36.5 Å². The van der Waals surface area contributed by atoms with Crippen molar-refractivity contribution in [3.63, 3.8) is 0 Å². The number of benzene rings is 1. The lowest BCUT2D eigenvalue weighted by molar-refractivity contribution is -0.160. The second-order valence-corrected chi connectivity index (χ2v) is 7.33. The molecule has 2 N–H and O–H groups in total. The summed E-state index contributed by atoms with van der Waals surface area (Å²) >= 11 is 0. The Morgan fingerprint density at radius 2 is 2.08 bits per heavy atom. The van der Waals surface area contributed by atoms with E-state index in [-0.39, 0.29) is 4.90 Å². The molecule has 0 bridgehead atoms. The van der Waals surface area contributed by atoms with Crippen molar-refractivity contribution in [1.29, 1.82) is 0 Å². The summed E-state index contributed by atoms with van der Waals surface area (Å²) in [5, 5.41) is 3.57. The number of sulfonamides is 1. The Bertz CT molecular complexity index is 902. The predicted molar refractivity (Wildman–Crippen MR) is 89.1 cm³/mol. The summed E-state index contributed by atoms with van der Waals surface area (Å²) in [7, 11) is -3.98. The molecular weight excluding hydrogens is 346 g/mol. The molecule has 1 aromatic carbocycles. The van der Waals surface area contributed by atoms with E-state index in [0.717, 1.165) is 6.42 Å². The van der Waals surface area contributed by atoms with Gasteiger partial charge >= 0.3 is 11.9 Å². The smallest absolute Gasteiger partial charge is 0.330 e. The molecule has 0 radical (unpaired) electrons. The fourth-order valence-corrected chi connectivity index (χ4v) is 3.78. The molecule has 2 aromatic rings. The Balaban J connectivity index is 1.67. The first-order valence-corrected chi connectivity index (χ1v) is 9.27. The summed E-state index contributed by atoms with van der Waals surface area (Å²) in [6.45, 7) is 0.0542. The SMILES string of the molecule is O=C(CNS(=O)(=O)c1cccc2cccnc12)OC(=O)[C@@H]1CCCN1. The zero-order valence-corrected chi connectivity index (χ0v) is 14.1. The largest absolute Gasteiger partial charge is 0.391 e. The quantitative estimate of drug-likeness (QED) is 0.581. The number of carbonyl (C=O) groups is 2. The molecule has 0 aliphatic carbocycles. The number of hydrogen-bond donors (Lipinski definition) is 2. The minimum atomic E-state index is -3.98. The normalized spacial score (nSPS) is 17.5. The van der Waals surface area contributed by atoms with E-state index in [1.165, 1.54) is 12.3 Å². The van der Waals surface area contributed by atoms with Crippen LogP contribution in [0.3, 0.4) is 0 Å². The average molecular weight is 363 g/mol. The molecule has 0 saturated carbocycles. The summed E-state index contributed by atoms with van der Waals surface area (Å²) < 4.78 is 31.7. The first-order valence-electron chi connectivity index (χ1n) is 7.79. The Labute approximate surface area is 144 Å². The van der Waals surface area contributed by atoms with Crippen LogP contribution in [0.4, 0.5) is 0 Å². The van der Waals surface area contributed by atoms with E-state index in [4.69, 9.17) is 0 Å². The van der Waals surface area contributed by atoms with Crippen molar-refractivity contribution < 1.29 is 22.7 Å². The highest BCUT2D eigenvalue weighted by atomic mass is 32.2. The number of carbonyl (C=O) groups excluding carboxylic acids is 2. The monoisotopic (exact) mass is 363 g/mol. The number of pyridine rings is 1. The molecule has 8 nitrogen and oxygen atoms in total. The van der Waals surface area contributed by atoms with Crippen LogP contribution in [0.2, 0.25) is 0 Å². The van der Waals surface area contributed by atoms with Gasteiger partial charge in [0.2, 0.25) is 10.0 Å². The van der Waals surface area contributed by atoms with Crippen molar-refractivity contribution in [1.82, 2.24) is 15.0 Å². The maximum Gasteiger partial charge on any atom is 0.330 e. The van der Waals surface area contributed by atoms with Gasteiger partial charge in [0.05, 0.1) is 5.52 Å². The van der Waals surface area contributed by atoms with Gasteiger partial charge in [0.1, 0.15) is 17.5 Å². The number of hydrogen-bond acceptors (Lipinski definition) is 7. The van der Waals surface area contributed by atoms with Crippen molar-refractivity contribution in [2.45, 2.75) is 23.8 Å². The first kappa shape index (κ1) is 17.5. The van der Waals surface area contributed by atoms with Crippen molar-refractivity contribution >= 4 is 32.9 Å². The molecule has 1 aliphatic rings. The number of fused-ring (bicyclic) bond motifs is 1. The molecule has 1 fully saturated rings. The van der Waals surface area contributed by atoms with E-state index in [1.807, 2.05) is 0 Å². The summed E-state index contributed by atoms with van der Waals surface area (Å²) in [5.41, 5.74) is 0.303. The van der Waals surface area contributed by atoms with E-state index < -0.39 is 34.5 Å². The second kappa shape index (κ2) is 7.26. The average Bonchev–Trinajstić information content (AvgIpc) is 3.14. The van der Waals surface area contributed by atoms with Crippen molar-refractivity contribution in [3.8, 4) is 0 Å². The van der Waals surface area contributed by atoms with E-state index in [9.17, 15) is 18.0 Å². The molecule has 3 rings (SSSR count). The topological polar surface area (TPSA) is 114 Å².